The van der Waals surface area contributed by atoms with Gasteiger partial charge in [-0.3, -0.25) is 14.4 Å². The Hall–Kier alpha value is -2.86. The molecule has 9 atom stereocenters. The average Bonchev–Trinajstić information content (AvgIpc) is 3.19. The maximum absolute atomic E-state index is 17.5. The lowest BCUT2D eigenvalue weighted by Gasteiger charge is -2.63. The largest absolute Gasteiger partial charge is 0.458 e. The summed E-state index contributed by atoms with van der Waals surface area (Å²) in [6, 6.07) is 0. The Bertz CT molecular complexity index is 1310. The van der Waals surface area contributed by atoms with Crippen LogP contribution in [0.5, 0.6) is 0 Å². The molecular formula is C32H40F2O9S. The van der Waals surface area contributed by atoms with E-state index in [0.717, 1.165) is 17.8 Å². The lowest BCUT2D eigenvalue weighted by molar-refractivity contribution is -0.228. The molecule has 0 aliphatic heterocycles. The number of hydrogen-bond acceptors (Lipinski definition) is 10. The molecule has 242 valence electrons. The fourth-order valence-electron chi connectivity index (χ4n) is 8.21. The van der Waals surface area contributed by atoms with Crippen LogP contribution in [0.25, 0.3) is 0 Å². The smallest absolute Gasteiger partial charge is 0.417 e. The summed E-state index contributed by atoms with van der Waals surface area (Å²) < 4.78 is 48.7. The number of carbonyl (C=O) groups is 5. The Morgan fingerprint density at radius 3 is 2.43 bits per heavy atom. The molecule has 0 aromatic heterocycles. The van der Waals surface area contributed by atoms with Gasteiger partial charge < -0.3 is 19.3 Å². The van der Waals surface area contributed by atoms with Gasteiger partial charge in [-0.1, -0.05) is 50.8 Å². The summed E-state index contributed by atoms with van der Waals surface area (Å²) in [4.78, 5) is 62.0. The molecule has 4 aliphatic rings. The van der Waals surface area contributed by atoms with Crippen LogP contribution in [0.3, 0.4) is 0 Å². The number of carbonyl (C=O) groups excluding carboxylic acids is 5. The van der Waals surface area contributed by atoms with Crippen LogP contribution in [0.4, 0.5) is 8.78 Å². The maximum Gasteiger partial charge on any atom is 0.417 e. The highest BCUT2D eigenvalue weighted by Gasteiger charge is 2.78. The Labute approximate surface area is 259 Å². The summed E-state index contributed by atoms with van der Waals surface area (Å²) >= 11 is 0.862. The molecule has 9 nitrogen and oxygen atoms in total. The fourth-order valence-corrected chi connectivity index (χ4v) is 9.28. The van der Waals surface area contributed by atoms with Crippen molar-refractivity contribution in [3.63, 3.8) is 0 Å². The summed E-state index contributed by atoms with van der Waals surface area (Å²) in [6.07, 6.45) is 3.14. The van der Waals surface area contributed by atoms with E-state index in [0.29, 0.717) is 0 Å². The third kappa shape index (κ3) is 5.15. The second kappa shape index (κ2) is 12.5. The number of rotatable bonds is 8. The van der Waals surface area contributed by atoms with Crippen molar-refractivity contribution in [3.8, 4) is 0 Å². The van der Waals surface area contributed by atoms with E-state index in [2.05, 4.69) is 4.74 Å². The molecule has 0 saturated heterocycles. The molecule has 44 heavy (non-hydrogen) atoms. The molecule has 3 fully saturated rings. The van der Waals surface area contributed by atoms with Crippen LogP contribution in [-0.2, 0) is 38.2 Å². The van der Waals surface area contributed by atoms with Crippen LogP contribution >= 0.6 is 11.8 Å². The quantitative estimate of drug-likeness (QED) is 0.179. The van der Waals surface area contributed by atoms with E-state index in [1.807, 2.05) is 0 Å². The first-order valence-corrected chi connectivity index (χ1v) is 16.0. The Morgan fingerprint density at radius 2 is 1.77 bits per heavy atom. The van der Waals surface area contributed by atoms with Gasteiger partial charge in [-0.25, -0.2) is 18.4 Å². The molecule has 4 rings (SSSR count). The van der Waals surface area contributed by atoms with Crippen molar-refractivity contribution in [1.29, 1.82) is 0 Å². The van der Waals surface area contributed by atoms with Gasteiger partial charge in [-0.05, 0) is 56.8 Å². The predicted octanol–water partition coefficient (Wildman–Crippen LogP) is 4.17. The molecule has 0 aromatic rings. The minimum atomic E-state index is -2.33. The van der Waals surface area contributed by atoms with E-state index in [9.17, 15) is 29.1 Å². The number of esters is 3. The molecular weight excluding hydrogens is 598 g/mol. The zero-order chi connectivity index (χ0) is 32.7. The third-order valence-electron chi connectivity index (χ3n) is 10.3. The van der Waals surface area contributed by atoms with Gasteiger partial charge in [0.05, 0.1) is 12.7 Å². The molecule has 1 N–H and O–H groups in total. The average molecular weight is 639 g/mol. The number of hydrogen-bond donors (Lipinski definition) is 1. The van der Waals surface area contributed by atoms with E-state index >= 15 is 8.78 Å². The number of fused-ring (bicyclic) bond motifs is 5. The third-order valence-corrected chi connectivity index (χ3v) is 11.2. The number of aliphatic hydroxyl groups is 1. The number of thioether (sulfide) groups is 1. The standard InChI is InChI=1S/C32H40F2O9S/c1-6-25(37)43-32(28(40)44-13-9-8-12-42-27(39)26(38)41-7-2)18(3)14-20-21-16-23(33)22-15-19(35)10-11-29(22,4)31(21,34)24(36)17-30(20,32)5/h8-11,15,18,20-21,23-24,36H,6-7,12-14,16-17H2,1-5H3/b9-8+/t18-,20?,21?,23+,24+,29+,30+,31+,32+/m1/s1. The number of halogens is 2. The van der Waals surface area contributed by atoms with Crippen molar-refractivity contribution in [2.45, 2.75) is 83.8 Å². The van der Waals surface area contributed by atoms with E-state index in [-0.39, 0.29) is 50.2 Å². The molecule has 0 radical (unpaired) electrons. The second-order valence-electron chi connectivity index (χ2n) is 12.4. The second-order valence-corrected chi connectivity index (χ2v) is 13.4. The highest BCUT2D eigenvalue weighted by molar-refractivity contribution is 8.14. The number of ether oxygens (including phenoxy) is 3. The molecule has 3 saturated carbocycles. The molecule has 0 heterocycles. The van der Waals surface area contributed by atoms with Gasteiger partial charge in [0.15, 0.2) is 17.1 Å². The van der Waals surface area contributed by atoms with Crippen LogP contribution in [0.1, 0.15) is 60.3 Å². The molecule has 0 spiro atoms. The summed E-state index contributed by atoms with van der Waals surface area (Å²) in [5, 5.41) is 11.1. The SMILES string of the molecule is CCOC(=O)C(=O)OC/C=C/CSC(=O)[C@@]1(OC(=O)CC)[C@H](C)CC2C3C[C@H](F)C4=CC(=O)C=C[C@]4(C)[C@@]3(F)[C@@H](O)C[C@@]21C. The Balaban J connectivity index is 1.62. The summed E-state index contributed by atoms with van der Waals surface area (Å²) in [5.74, 6) is -5.45. The minimum absolute atomic E-state index is 0.00692. The van der Waals surface area contributed by atoms with E-state index in [1.54, 1.807) is 33.8 Å². The number of allylic oxidation sites excluding steroid dienone is 4. The highest BCUT2D eigenvalue weighted by Crippen LogP contribution is 2.72. The monoisotopic (exact) mass is 638 g/mol. The van der Waals surface area contributed by atoms with Crippen molar-refractivity contribution in [1.82, 2.24) is 0 Å². The first-order chi connectivity index (χ1) is 20.6. The topological polar surface area (TPSA) is 133 Å². The van der Waals surface area contributed by atoms with E-state index < -0.39 is 80.9 Å². The lowest BCUT2D eigenvalue weighted by Crippen LogP contribution is -2.70. The normalized spacial score (nSPS) is 39.1. The van der Waals surface area contributed by atoms with Crippen LogP contribution in [0.15, 0.2) is 36.0 Å². The Kier molecular flexibility index (Phi) is 9.66. The fraction of sp³-hybridized carbons (Fsp3) is 0.656. The van der Waals surface area contributed by atoms with Gasteiger partial charge in [0.1, 0.15) is 12.8 Å². The van der Waals surface area contributed by atoms with E-state index in [4.69, 9.17) is 9.47 Å². The summed E-state index contributed by atoms with van der Waals surface area (Å²) in [7, 11) is 0. The highest BCUT2D eigenvalue weighted by atomic mass is 32.2. The van der Waals surface area contributed by atoms with Crippen LogP contribution in [0, 0.1) is 28.6 Å². The first kappa shape index (κ1) is 34.0. The molecule has 0 bridgehead atoms. The van der Waals surface area contributed by atoms with Crippen molar-refractivity contribution in [2.75, 3.05) is 19.0 Å². The van der Waals surface area contributed by atoms with Crippen LogP contribution in [-0.4, -0.2) is 76.4 Å². The molecule has 12 heteroatoms. The van der Waals surface area contributed by atoms with Gasteiger partial charge in [-0.2, -0.15) is 0 Å². The Morgan fingerprint density at radius 1 is 1.09 bits per heavy atom. The van der Waals surface area contributed by atoms with Crippen LogP contribution in [0.2, 0.25) is 0 Å². The van der Waals surface area contributed by atoms with Gasteiger partial charge in [0, 0.05) is 34.8 Å². The van der Waals surface area contributed by atoms with Gasteiger partial charge in [0.25, 0.3) is 0 Å². The summed E-state index contributed by atoms with van der Waals surface area (Å²) in [6.45, 7) is 7.92. The van der Waals surface area contributed by atoms with Crippen molar-refractivity contribution < 1.29 is 52.1 Å². The van der Waals surface area contributed by atoms with E-state index in [1.165, 1.54) is 25.2 Å². The maximum atomic E-state index is 17.5. The number of aliphatic hydroxyl groups excluding tert-OH is 1. The predicted molar refractivity (Wildman–Crippen MR) is 156 cm³/mol. The summed E-state index contributed by atoms with van der Waals surface area (Å²) in [5.41, 5.74) is -6.85. The van der Waals surface area contributed by atoms with Gasteiger partial charge >= 0.3 is 17.9 Å². The van der Waals surface area contributed by atoms with Crippen molar-refractivity contribution in [2.24, 2.45) is 28.6 Å². The molecule has 4 aliphatic carbocycles. The molecule has 0 amide bonds. The molecule has 2 unspecified atom stereocenters. The van der Waals surface area contributed by atoms with Gasteiger partial charge in [0.2, 0.25) is 5.12 Å². The zero-order valence-electron chi connectivity index (χ0n) is 25.6. The van der Waals surface area contributed by atoms with Crippen molar-refractivity contribution >= 4 is 40.6 Å². The lowest BCUT2D eigenvalue weighted by atomic mass is 9.44. The van der Waals surface area contributed by atoms with Crippen LogP contribution < -0.4 is 0 Å². The minimum Gasteiger partial charge on any atom is -0.458 e. The van der Waals surface area contributed by atoms with Gasteiger partial charge in [-0.15, -0.1) is 0 Å². The molecule has 0 aromatic carbocycles. The number of alkyl halides is 2. The first-order valence-electron chi connectivity index (χ1n) is 15.0. The van der Waals surface area contributed by atoms with Crippen molar-refractivity contribution in [3.05, 3.63) is 36.0 Å². The number of ketones is 1. The zero-order valence-corrected chi connectivity index (χ0v) is 26.4.